The van der Waals surface area contributed by atoms with Crippen molar-refractivity contribution in [1.82, 2.24) is 15.6 Å². The van der Waals surface area contributed by atoms with Crippen LogP contribution < -0.4 is 20.5 Å². The molecule has 0 saturated heterocycles. The molecule has 0 saturated carbocycles. The average Bonchev–Trinajstić information content (AvgIpc) is 3.15. The molecular formula is C17H11N5O6. The molecule has 0 spiro atoms. The van der Waals surface area contributed by atoms with Gasteiger partial charge in [0.1, 0.15) is 0 Å². The zero-order chi connectivity index (χ0) is 19.7. The predicted molar refractivity (Wildman–Crippen MR) is 96.6 cm³/mol. The molecule has 1 aliphatic heterocycles. The molecule has 2 N–H and O–H groups in total. The van der Waals surface area contributed by atoms with Crippen molar-refractivity contribution >= 4 is 28.6 Å². The summed E-state index contributed by atoms with van der Waals surface area (Å²) in [5.74, 6) is -0.0874. The Bertz CT molecular complexity index is 1200. The van der Waals surface area contributed by atoms with Crippen LogP contribution in [0.25, 0.3) is 10.8 Å². The first-order valence-electron chi connectivity index (χ1n) is 7.93. The second-order valence-corrected chi connectivity index (χ2v) is 5.67. The minimum atomic E-state index is -0.688. The van der Waals surface area contributed by atoms with Crippen LogP contribution in [0.4, 0.5) is 5.69 Å². The molecule has 3 aromatic rings. The van der Waals surface area contributed by atoms with Crippen molar-refractivity contribution in [1.29, 1.82) is 0 Å². The molecule has 0 bridgehead atoms. The van der Waals surface area contributed by atoms with Gasteiger partial charge >= 0.3 is 0 Å². The molecule has 0 atom stereocenters. The van der Waals surface area contributed by atoms with Gasteiger partial charge in [-0.25, -0.2) is 10.5 Å². The summed E-state index contributed by atoms with van der Waals surface area (Å²) in [6, 6.07) is 9.09. The molecule has 4 rings (SSSR count). The van der Waals surface area contributed by atoms with E-state index in [0.29, 0.717) is 16.5 Å². The van der Waals surface area contributed by atoms with Crippen molar-refractivity contribution in [2.24, 2.45) is 5.10 Å². The third-order valence-corrected chi connectivity index (χ3v) is 4.00. The second-order valence-electron chi connectivity index (χ2n) is 5.67. The molecule has 11 heteroatoms. The van der Waals surface area contributed by atoms with E-state index >= 15 is 0 Å². The van der Waals surface area contributed by atoms with Crippen molar-refractivity contribution in [2.45, 2.75) is 0 Å². The lowest BCUT2D eigenvalue weighted by atomic mass is 10.1. The number of carbonyl (C=O) groups is 1. The van der Waals surface area contributed by atoms with Crippen molar-refractivity contribution in [3.63, 3.8) is 0 Å². The van der Waals surface area contributed by atoms with Gasteiger partial charge in [0.25, 0.3) is 17.2 Å². The van der Waals surface area contributed by atoms with Gasteiger partial charge in [-0.05, 0) is 12.1 Å². The fourth-order valence-electron chi connectivity index (χ4n) is 2.71. The minimum Gasteiger partial charge on any atom is -0.454 e. The van der Waals surface area contributed by atoms with Gasteiger partial charge in [-0.1, -0.05) is 18.2 Å². The Labute approximate surface area is 155 Å². The number of hydrazone groups is 1. The number of carbonyl (C=O) groups excluding carboxylic acids is 1. The van der Waals surface area contributed by atoms with Crippen molar-refractivity contribution in [3.05, 3.63) is 68.1 Å². The number of nitro groups is 1. The summed E-state index contributed by atoms with van der Waals surface area (Å²) in [5.41, 5.74) is 1.65. The Morgan fingerprint density at radius 3 is 2.71 bits per heavy atom. The van der Waals surface area contributed by atoms with Crippen LogP contribution in [0, 0.1) is 10.1 Å². The van der Waals surface area contributed by atoms with Crippen molar-refractivity contribution in [3.8, 4) is 11.5 Å². The van der Waals surface area contributed by atoms with E-state index in [1.807, 2.05) is 0 Å². The maximum atomic E-state index is 12.4. The summed E-state index contributed by atoms with van der Waals surface area (Å²) in [7, 11) is 0. The number of nitro benzene ring substituents is 1. The highest BCUT2D eigenvalue weighted by Gasteiger charge is 2.22. The topological polar surface area (TPSA) is 149 Å². The van der Waals surface area contributed by atoms with Crippen molar-refractivity contribution in [2.75, 3.05) is 6.79 Å². The molecule has 1 aliphatic rings. The minimum absolute atomic E-state index is 0.0330. The number of benzene rings is 2. The molecule has 2 heterocycles. The van der Waals surface area contributed by atoms with E-state index < -0.39 is 16.4 Å². The van der Waals surface area contributed by atoms with Gasteiger partial charge in [0.15, 0.2) is 17.2 Å². The predicted octanol–water partition coefficient (Wildman–Crippen LogP) is 1.32. The smallest absolute Gasteiger partial charge is 0.292 e. The zero-order valence-electron chi connectivity index (χ0n) is 14.0. The van der Waals surface area contributed by atoms with Crippen LogP contribution in [-0.4, -0.2) is 34.0 Å². The summed E-state index contributed by atoms with van der Waals surface area (Å²) in [6.45, 7) is -0.0330. The lowest BCUT2D eigenvalue weighted by Gasteiger charge is -2.03. The summed E-state index contributed by atoms with van der Waals surface area (Å²) in [4.78, 5) is 34.8. The summed E-state index contributed by atoms with van der Waals surface area (Å²) in [5, 5.41) is 21.7. The Kier molecular flexibility index (Phi) is 4.16. The average molecular weight is 381 g/mol. The highest BCUT2D eigenvalue weighted by molar-refractivity contribution is 6.05. The number of nitrogens with one attached hydrogen (secondary N) is 2. The fourth-order valence-corrected chi connectivity index (χ4v) is 2.71. The van der Waals surface area contributed by atoms with Crippen LogP contribution in [0.5, 0.6) is 11.5 Å². The monoisotopic (exact) mass is 381 g/mol. The number of nitrogens with zero attached hydrogens (tertiary/aromatic N) is 3. The van der Waals surface area contributed by atoms with Gasteiger partial charge in [-0.15, -0.1) is 0 Å². The van der Waals surface area contributed by atoms with E-state index in [1.165, 1.54) is 12.1 Å². The molecule has 1 aromatic heterocycles. The third-order valence-electron chi connectivity index (χ3n) is 4.00. The molecule has 140 valence electrons. The number of H-pyrrole nitrogens is 1. The molecule has 0 aliphatic carbocycles. The van der Waals surface area contributed by atoms with Gasteiger partial charge in [-0.3, -0.25) is 19.7 Å². The number of aromatic nitrogens is 2. The number of amides is 1. The van der Waals surface area contributed by atoms with Crippen LogP contribution in [0.1, 0.15) is 16.1 Å². The highest BCUT2D eigenvalue weighted by atomic mass is 16.7. The number of hydrogen-bond acceptors (Lipinski definition) is 8. The number of ether oxygens (including phenoxy) is 2. The van der Waals surface area contributed by atoms with E-state index in [0.717, 1.165) is 6.21 Å². The summed E-state index contributed by atoms with van der Waals surface area (Å²) < 4.78 is 10.3. The van der Waals surface area contributed by atoms with Gasteiger partial charge in [-0.2, -0.15) is 10.2 Å². The van der Waals surface area contributed by atoms with Gasteiger partial charge < -0.3 is 9.47 Å². The van der Waals surface area contributed by atoms with Crippen molar-refractivity contribution < 1.29 is 19.2 Å². The standard InChI is InChI=1S/C17H11N5O6/c23-16-11-4-2-1-3-10(11)15(19-21-16)17(24)20-18-7-9-5-13-14(28-8-27-13)6-12(9)22(25)26/h1-7H,8H2,(H,20,24)(H,21,23)/b18-7+. The number of hydrogen-bond donors (Lipinski definition) is 2. The SMILES string of the molecule is O=C(N/N=C/c1cc2c(cc1[N+](=O)[O-])OCO2)c1n[nH]c(=O)c2ccccc12. The van der Waals surface area contributed by atoms with E-state index in [2.05, 4.69) is 20.7 Å². The first-order chi connectivity index (χ1) is 13.5. The highest BCUT2D eigenvalue weighted by Crippen LogP contribution is 2.37. The molecule has 28 heavy (non-hydrogen) atoms. The second kappa shape index (κ2) is 6.79. The molecule has 11 nitrogen and oxygen atoms in total. The normalized spacial score (nSPS) is 12.4. The number of rotatable bonds is 4. The Morgan fingerprint density at radius 1 is 1.25 bits per heavy atom. The zero-order valence-corrected chi connectivity index (χ0v) is 14.0. The van der Waals surface area contributed by atoms with Crippen LogP contribution in [-0.2, 0) is 0 Å². The van der Waals surface area contributed by atoms with Gasteiger partial charge in [0.05, 0.1) is 28.2 Å². The summed E-state index contributed by atoms with van der Waals surface area (Å²) in [6.07, 6.45) is 1.12. The van der Waals surface area contributed by atoms with E-state index in [-0.39, 0.29) is 29.5 Å². The van der Waals surface area contributed by atoms with Gasteiger partial charge in [0.2, 0.25) is 6.79 Å². The Balaban J connectivity index is 1.61. The molecular weight excluding hydrogens is 370 g/mol. The third kappa shape index (κ3) is 3.00. The molecule has 1 amide bonds. The van der Waals surface area contributed by atoms with Crippen LogP contribution in [0.2, 0.25) is 0 Å². The van der Waals surface area contributed by atoms with Crippen LogP contribution in [0.3, 0.4) is 0 Å². The lowest BCUT2D eigenvalue weighted by molar-refractivity contribution is -0.385. The maximum absolute atomic E-state index is 12.4. The number of fused-ring (bicyclic) bond motifs is 2. The van der Waals surface area contributed by atoms with E-state index in [1.54, 1.807) is 24.3 Å². The Hall–Kier alpha value is -4.28. The number of aromatic amines is 1. The molecule has 0 radical (unpaired) electrons. The van der Waals surface area contributed by atoms with Crippen LogP contribution in [0.15, 0.2) is 46.3 Å². The lowest BCUT2D eigenvalue weighted by Crippen LogP contribution is -2.22. The largest absolute Gasteiger partial charge is 0.454 e. The Morgan fingerprint density at radius 2 is 1.96 bits per heavy atom. The molecule has 0 unspecified atom stereocenters. The van der Waals surface area contributed by atoms with Gasteiger partial charge in [0, 0.05) is 5.39 Å². The first kappa shape index (κ1) is 17.1. The molecule has 2 aromatic carbocycles. The van der Waals surface area contributed by atoms with E-state index in [9.17, 15) is 19.7 Å². The molecule has 0 fully saturated rings. The maximum Gasteiger partial charge on any atom is 0.292 e. The van der Waals surface area contributed by atoms with Crippen LogP contribution >= 0.6 is 0 Å². The quantitative estimate of drug-likeness (QED) is 0.393. The van der Waals surface area contributed by atoms with E-state index in [4.69, 9.17) is 9.47 Å². The first-order valence-corrected chi connectivity index (χ1v) is 7.93. The summed E-state index contributed by atoms with van der Waals surface area (Å²) >= 11 is 0. The fraction of sp³-hybridized carbons (Fsp3) is 0.0588.